The van der Waals surface area contributed by atoms with E-state index in [0.29, 0.717) is 0 Å². The van der Waals surface area contributed by atoms with Crippen molar-refractivity contribution in [2.45, 2.75) is 12.8 Å². The lowest BCUT2D eigenvalue weighted by atomic mass is 9.89. The summed E-state index contributed by atoms with van der Waals surface area (Å²) < 4.78 is 2.43. The molecule has 0 saturated carbocycles. The summed E-state index contributed by atoms with van der Waals surface area (Å²) in [5.41, 5.74) is 17.1. The number of nitrogens with zero attached hydrogens (tertiary/aromatic N) is 2. The van der Waals surface area contributed by atoms with Crippen LogP contribution in [-0.2, 0) is 0 Å². The van der Waals surface area contributed by atoms with Crippen LogP contribution >= 0.6 is 0 Å². The van der Waals surface area contributed by atoms with Gasteiger partial charge in [0.15, 0.2) is 0 Å². The highest BCUT2D eigenvalue weighted by Crippen LogP contribution is 2.45. The zero-order chi connectivity index (χ0) is 42.4. The van der Waals surface area contributed by atoms with Crippen LogP contribution in [0.1, 0.15) is 18.4 Å². The van der Waals surface area contributed by atoms with Gasteiger partial charge in [-0.3, -0.25) is 0 Å². The van der Waals surface area contributed by atoms with Gasteiger partial charge in [-0.2, -0.15) is 0 Å². The van der Waals surface area contributed by atoms with Gasteiger partial charge in [-0.05, 0) is 140 Å². The van der Waals surface area contributed by atoms with Crippen LogP contribution in [0.15, 0.2) is 248 Å². The number of rotatable bonds is 8. The normalized spacial score (nSPS) is 12.8. The number of hydrogen-bond donors (Lipinski definition) is 0. The largest absolute Gasteiger partial charge is 0.314 e. The Labute approximate surface area is 373 Å². The minimum absolute atomic E-state index is 0.898. The van der Waals surface area contributed by atoms with Crippen LogP contribution in [0.25, 0.3) is 88.0 Å². The van der Waals surface area contributed by atoms with E-state index in [4.69, 9.17) is 0 Å². The van der Waals surface area contributed by atoms with Gasteiger partial charge < -0.3 is 9.47 Å². The first-order valence-corrected chi connectivity index (χ1v) is 22.3. The molecule has 0 N–H and O–H groups in total. The number of fused-ring (bicyclic) bond motifs is 5. The van der Waals surface area contributed by atoms with Crippen molar-refractivity contribution in [3.05, 3.63) is 254 Å². The Kier molecular flexibility index (Phi) is 9.34. The molecule has 10 aromatic carbocycles. The molecule has 0 amide bonds. The number of anilines is 2. The number of aromatic nitrogens is 1. The van der Waals surface area contributed by atoms with Gasteiger partial charge in [-0.15, -0.1) is 0 Å². The van der Waals surface area contributed by atoms with Crippen molar-refractivity contribution in [2.24, 2.45) is 0 Å². The Morgan fingerprint density at radius 1 is 0.359 bits per heavy atom. The first-order valence-electron chi connectivity index (χ1n) is 22.3. The molecule has 1 aromatic heterocycles. The van der Waals surface area contributed by atoms with Crippen molar-refractivity contribution < 1.29 is 0 Å². The third-order valence-corrected chi connectivity index (χ3v) is 13.1. The van der Waals surface area contributed by atoms with Gasteiger partial charge in [0.05, 0.1) is 11.0 Å². The minimum atomic E-state index is 0.898. The summed E-state index contributed by atoms with van der Waals surface area (Å²) in [7, 11) is 0. The molecule has 0 fully saturated rings. The quantitative estimate of drug-likeness (QED) is 0.148. The van der Waals surface area contributed by atoms with E-state index >= 15 is 0 Å². The molecule has 0 radical (unpaired) electrons. The maximum absolute atomic E-state index is 2.49. The fraction of sp³-hybridized carbons (Fsp3) is 0.0323. The molecule has 1 aliphatic rings. The molecule has 12 rings (SSSR count). The smallest absolute Gasteiger partial charge is 0.0553 e. The number of hydrogen-bond acceptors (Lipinski definition) is 1. The third kappa shape index (κ3) is 6.60. The van der Waals surface area contributed by atoms with E-state index in [1.54, 1.807) is 0 Å². The molecule has 302 valence electrons. The molecule has 0 spiro atoms. The zero-order valence-electron chi connectivity index (χ0n) is 35.4. The second-order valence-electron chi connectivity index (χ2n) is 16.8. The average molecular weight is 817 g/mol. The zero-order valence-corrected chi connectivity index (χ0v) is 35.4. The Bertz CT molecular complexity index is 3590. The van der Waals surface area contributed by atoms with Crippen molar-refractivity contribution in [1.29, 1.82) is 0 Å². The topological polar surface area (TPSA) is 8.17 Å². The van der Waals surface area contributed by atoms with E-state index < -0.39 is 0 Å². The predicted octanol–water partition coefficient (Wildman–Crippen LogP) is 17.0. The van der Waals surface area contributed by atoms with E-state index in [9.17, 15) is 0 Å². The van der Waals surface area contributed by atoms with E-state index in [1.807, 2.05) is 0 Å². The van der Waals surface area contributed by atoms with E-state index in [-0.39, 0.29) is 0 Å². The Balaban J connectivity index is 1.03. The van der Waals surface area contributed by atoms with Crippen LogP contribution in [0.3, 0.4) is 0 Å². The fourth-order valence-electron chi connectivity index (χ4n) is 10.1. The van der Waals surface area contributed by atoms with Crippen molar-refractivity contribution >= 4 is 60.3 Å². The molecule has 0 aliphatic heterocycles. The molecule has 64 heavy (non-hydrogen) atoms. The van der Waals surface area contributed by atoms with E-state index in [0.717, 1.165) is 29.9 Å². The SMILES string of the molecule is C1=C(c2ccccc2-c2ccccc2)CCC(N(c2ccc(-c3ccc4ccccc4c3)cc2)c2cccc(-c3c4ccccc4cc4c3c3ccccc3n4-c3ccccc3)c2)=C1. The van der Waals surface area contributed by atoms with Crippen LogP contribution in [0, 0.1) is 0 Å². The number of allylic oxidation sites excluding steroid dienone is 4. The van der Waals surface area contributed by atoms with Gasteiger partial charge in [-0.25, -0.2) is 0 Å². The summed E-state index contributed by atoms with van der Waals surface area (Å²) >= 11 is 0. The Morgan fingerprint density at radius 3 is 1.81 bits per heavy atom. The fourth-order valence-corrected chi connectivity index (χ4v) is 10.1. The van der Waals surface area contributed by atoms with Crippen molar-refractivity contribution in [1.82, 2.24) is 4.57 Å². The third-order valence-electron chi connectivity index (χ3n) is 13.1. The van der Waals surface area contributed by atoms with Crippen molar-refractivity contribution in [2.75, 3.05) is 4.90 Å². The Morgan fingerprint density at radius 2 is 1.02 bits per heavy atom. The summed E-state index contributed by atoms with van der Waals surface area (Å²) in [4.78, 5) is 2.49. The molecular formula is C62H44N2. The van der Waals surface area contributed by atoms with Gasteiger partial charge in [0.25, 0.3) is 0 Å². The van der Waals surface area contributed by atoms with E-state index in [2.05, 4.69) is 252 Å². The first-order chi connectivity index (χ1) is 31.7. The second-order valence-corrected chi connectivity index (χ2v) is 16.8. The van der Waals surface area contributed by atoms with Gasteiger partial charge in [0.2, 0.25) is 0 Å². The van der Waals surface area contributed by atoms with Crippen LogP contribution in [0.4, 0.5) is 11.4 Å². The van der Waals surface area contributed by atoms with Crippen LogP contribution in [0.5, 0.6) is 0 Å². The summed E-state index contributed by atoms with van der Waals surface area (Å²) in [6.45, 7) is 0. The highest BCUT2D eigenvalue weighted by molar-refractivity contribution is 6.23. The lowest BCUT2D eigenvalue weighted by Crippen LogP contribution is -2.18. The molecular weight excluding hydrogens is 773 g/mol. The van der Waals surface area contributed by atoms with E-state index in [1.165, 1.54) is 93.6 Å². The van der Waals surface area contributed by atoms with Crippen molar-refractivity contribution in [3.63, 3.8) is 0 Å². The molecule has 0 atom stereocenters. The summed E-state index contributed by atoms with van der Waals surface area (Å²) in [5.74, 6) is 0. The number of benzene rings is 10. The summed E-state index contributed by atoms with van der Waals surface area (Å²) in [6, 6.07) is 84.2. The maximum atomic E-state index is 2.49. The van der Waals surface area contributed by atoms with Crippen molar-refractivity contribution in [3.8, 4) is 39.1 Å². The lowest BCUT2D eigenvalue weighted by molar-refractivity contribution is 0.930. The molecule has 2 heteroatoms. The lowest BCUT2D eigenvalue weighted by Gasteiger charge is -2.31. The van der Waals surface area contributed by atoms with Gasteiger partial charge in [-0.1, -0.05) is 182 Å². The molecule has 0 bridgehead atoms. The number of para-hydroxylation sites is 2. The van der Waals surface area contributed by atoms with Crippen LogP contribution in [-0.4, -0.2) is 4.57 Å². The first kappa shape index (κ1) is 37.6. The van der Waals surface area contributed by atoms with Gasteiger partial charge in [0.1, 0.15) is 0 Å². The molecule has 11 aromatic rings. The van der Waals surface area contributed by atoms with Crippen LogP contribution < -0.4 is 4.90 Å². The maximum Gasteiger partial charge on any atom is 0.0553 e. The standard InChI is InChI=1S/C62H44N2/c1-3-17-45(18-4-1)55-25-11-12-26-56(55)46-34-38-53(39-35-46)63(52-36-32-44(33-37-52)48-31-30-43-16-7-8-19-47(43)40-48)54-24-15-21-50(41-54)61-57-27-10-9-20-49(57)42-60-62(61)58-28-13-14-29-59(58)64(60)51-22-5-2-6-23-51/h1-34,36-38,40-42H,35,39H2. The molecule has 0 saturated heterocycles. The second kappa shape index (κ2) is 15.9. The van der Waals surface area contributed by atoms with Gasteiger partial charge >= 0.3 is 0 Å². The Hall–Kier alpha value is -8.20. The summed E-state index contributed by atoms with van der Waals surface area (Å²) in [6.07, 6.45) is 6.54. The van der Waals surface area contributed by atoms with Crippen LogP contribution in [0.2, 0.25) is 0 Å². The molecule has 0 unspecified atom stereocenters. The minimum Gasteiger partial charge on any atom is -0.314 e. The van der Waals surface area contributed by atoms with Gasteiger partial charge in [0, 0.05) is 33.5 Å². The molecule has 2 nitrogen and oxygen atoms in total. The molecule has 1 heterocycles. The molecule has 1 aliphatic carbocycles. The summed E-state index contributed by atoms with van der Waals surface area (Å²) in [5, 5.41) is 7.49. The highest BCUT2D eigenvalue weighted by atomic mass is 15.1. The predicted molar refractivity (Wildman–Crippen MR) is 272 cm³/mol. The average Bonchev–Trinajstić information content (AvgIpc) is 3.70. The highest BCUT2D eigenvalue weighted by Gasteiger charge is 2.23. The monoisotopic (exact) mass is 816 g/mol.